The summed E-state index contributed by atoms with van der Waals surface area (Å²) in [5, 5.41) is 3.98. The minimum absolute atomic E-state index is 0.0265. The predicted molar refractivity (Wildman–Crippen MR) is 76.7 cm³/mol. The van der Waals surface area contributed by atoms with Gasteiger partial charge in [-0.2, -0.15) is 11.3 Å². The normalized spacial score (nSPS) is 25.4. The van der Waals surface area contributed by atoms with Crippen molar-refractivity contribution in [2.24, 2.45) is 11.8 Å². The number of ether oxygens (including phenoxy) is 1. The van der Waals surface area contributed by atoms with Crippen molar-refractivity contribution < 1.29 is 14.3 Å². The van der Waals surface area contributed by atoms with Gasteiger partial charge < -0.3 is 14.5 Å². The van der Waals surface area contributed by atoms with Gasteiger partial charge in [0.1, 0.15) is 0 Å². The van der Waals surface area contributed by atoms with Crippen molar-refractivity contribution in [2.75, 3.05) is 38.3 Å². The number of likely N-dealkylation sites (tertiary alicyclic amines) is 1. The molecule has 0 saturated carbocycles. The van der Waals surface area contributed by atoms with E-state index in [1.165, 1.54) is 0 Å². The third kappa shape index (κ3) is 2.33. The molecule has 3 rings (SSSR count). The number of anilines is 1. The maximum absolute atomic E-state index is 12.4. The number of amides is 2. The van der Waals surface area contributed by atoms with E-state index in [0.717, 1.165) is 12.2 Å². The average molecular weight is 294 g/mol. The molecule has 1 aromatic rings. The third-order valence-electron chi connectivity index (χ3n) is 4.13. The lowest BCUT2D eigenvalue weighted by Gasteiger charge is -2.21. The molecule has 0 unspecified atom stereocenters. The van der Waals surface area contributed by atoms with Gasteiger partial charge >= 0.3 is 0 Å². The Kier molecular flexibility index (Phi) is 3.76. The van der Waals surface area contributed by atoms with Crippen LogP contribution in [0.25, 0.3) is 0 Å². The van der Waals surface area contributed by atoms with Gasteiger partial charge in [-0.15, -0.1) is 0 Å². The van der Waals surface area contributed by atoms with Crippen LogP contribution in [-0.2, 0) is 14.3 Å². The second-order valence-electron chi connectivity index (χ2n) is 5.34. The van der Waals surface area contributed by atoms with Crippen LogP contribution in [0.4, 0.5) is 5.69 Å². The van der Waals surface area contributed by atoms with Crippen molar-refractivity contribution >= 4 is 28.8 Å². The summed E-state index contributed by atoms with van der Waals surface area (Å²) >= 11 is 1.60. The van der Waals surface area contributed by atoms with Gasteiger partial charge in [-0.1, -0.05) is 0 Å². The monoisotopic (exact) mass is 294 g/mol. The van der Waals surface area contributed by atoms with Gasteiger partial charge in [0.25, 0.3) is 0 Å². The molecule has 0 aliphatic carbocycles. The number of methoxy groups -OCH3 is 1. The molecule has 0 bridgehead atoms. The van der Waals surface area contributed by atoms with Crippen LogP contribution in [0, 0.1) is 11.8 Å². The zero-order valence-electron chi connectivity index (χ0n) is 11.4. The summed E-state index contributed by atoms with van der Waals surface area (Å²) in [6, 6.07) is 1.98. The highest BCUT2D eigenvalue weighted by atomic mass is 32.1. The topological polar surface area (TPSA) is 49.9 Å². The molecule has 1 aromatic heterocycles. The van der Waals surface area contributed by atoms with E-state index < -0.39 is 0 Å². The van der Waals surface area contributed by atoms with Gasteiger partial charge in [0, 0.05) is 38.0 Å². The van der Waals surface area contributed by atoms with Crippen LogP contribution in [0.5, 0.6) is 0 Å². The van der Waals surface area contributed by atoms with Crippen molar-refractivity contribution in [3.05, 3.63) is 16.8 Å². The van der Waals surface area contributed by atoms with Crippen LogP contribution >= 0.6 is 11.3 Å². The van der Waals surface area contributed by atoms with Crippen molar-refractivity contribution in [3.8, 4) is 0 Å². The molecule has 108 valence electrons. The zero-order chi connectivity index (χ0) is 14.1. The lowest BCUT2D eigenvalue weighted by Crippen LogP contribution is -2.35. The van der Waals surface area contributed by atoms with E-state index >= 15 is 0 Å². The summed E-state index contributed by atoms with van der Waals surface area (Å²) in [6.45, 7) is 2.43. The molecule has 2 aliphatic rings. The van der Waals surface area contributed by atoms with Crippen LogP contribution in [0.15, 0.2) is 16.8 Å². The largest absolute Gasteiger partial charge is 0.384 e. The van der Waals surface area contributed by atoms with Gasteiger partial charge in [0.2, 0.25) is 11.8 Å². The van der Waals surface area contributed by atoms with Gasteiger partial charge in [0.15, 0.2) is 0 Å². The molecule has 20 heavy (non-hydrogen) atoms. The fourth-order valence-corrected chi connectivity index (χ4v) is 3.70. The molecule has 2 atom stereocenters. The van der Waals surface area contributed by atoms with Crippen LogP contribution in [0.3, 0.4) is 0 Å². The van der Waals surface area contributed by atoms with Crippen molar-refractivity contribution in [2.45, 2.75) is 6.42 Å². The minimum atomic E-state index is -0.0265. The van der Waals surface area contributed by atoms with E-state index in [0.29, 0.717) is 26.1 Å². The summed E-state index contributed by atoms with van der Waals surface area (Å²) in [6.07, 6.45) is 0.401. The van der Waals surface area contributed by atoms with Gasteiger partial charge in [-0.3, -0.25) is 9.59 Å². The van der Waals surface area contributed by atoms with E-state index in [1.54, 1.807) is 18.4 Å². The number of thiophene rings is 1. The van der Waals surface area contributed by atoms with Crippen molar-refractivity contribution in [3.63, 3.8) is 0 Å². The summed E-state index contributed by atoms with van der Waals surface area (Å²) in [5.74, 6) is 0.502. The Bertz CT molecular complexity index is 503. The summed E-state index contributed by atoms with van der Waals surface area (Å²) in [4.78, 5) is 28.1. The van der Waals surface area contributed by atoms with E-state index in [1.807, 2.05) is 26.6 Å². The molecule has 2 saturated heterocycles. The maximum atomic E-state index is 12.4. The number of carbonyl (C=O) groups is 2. The number of hydrogen-bond acceptors (Lipinski definition) is 4. The van der Waals surface area contributed by atoms with Crippen LogP contribution in [0.1, 0.15) is 6.42 Å². The standard InChI is InChI=1S/C14H18N2O3S/c1-19-4-2-13(17)15-6-10-7-16(11-3-5-20-9-11)14(18)12(10)8-15/h3,5,9-10,12H,2,4,6-8H2,1H3/t10-,12-/m0/s1. The van der Waals surface area contributed by atoms with E-state index in [2.05, 4.69) is 0 Å². The molecule has 2 fully saturated rings. The van der Waals surface area contributed by atoms with Crippen molar-refractivity contribution in [1.29, 1.82) is 0 Å². The van der Waals surface area contributed by atoms with Gasteiger partial charge in [-0.25, -0.2) is 0 Å². The highest BCUT2D eigenvalue weighted by Crippen LogP contribution is 2.35. The highest BCUT2D eigenvalue weighted by Gasteiger charge is 2.47. The molecule has 0 aromatic carbocycles. The Labute approximate surface area is 122 Å². The minimum Gasteiger partial charge on any atom is -0.384 e. The molecule has 0 N–H and O–H groups in total. The molecule has 0 spiro atoms. The molecule has 2 aliphatic heterocycles. The number of rotatable bonds is 4. The Morgan fingerprint density at radius 2 is 2.30 bits per heavy atom. The Morgan fingerprint density at radius 1 is 1.45 bits per heavy atom. The molecular formula is C14H18N2O3S. The second-order valence-corrected chi connectivity index (χ2v) is 6.12. The fraction of sp³-hybridized carbons (Fsp3) is 0.571. The molecule has 5 nitrogen and oxygen atoms in total. The number of fused-ring (bicyclic) bond motifs is 1. The van der Waals surface area contributed by atoms with E-state index in [9.17, 15) is 9.59 Å². The number of hydrogen-bond donors (Lipinski definition) is 0. The van der Waals surface area contributed by atoms with Crippen LogP contribution in [0.2, 0.25) is 0 Å². The Morgan fingerprint density at radius 3 is 2.95 bits per heavy atom. The van der Waals surface area contributed by atoms with E-state index in [-0.39, 0.29) is 23.7 Å². The van der Waals surface area contributed by atoms with Gasteiger partial charge in [0.05, 0.1) is 24.6 Å². The predicted octanol–water partition coefficient (Wildman–Crippen LogP) is 1.21. The average Bonchev–Trinajstić information content (AvgIpc) is 3.13. The molecule has 3 heterocycles. The third-order valence-corrected chi connectivity index (χ3v) is 4.80. The highest BCUT2D eigenvalue weighted by molar-refractivity contribution is 7.08. The molecular weight excluding hydrogens is 276 g/mol. The number of carbonyl (C=O) groups excluding carboxylic acids is 2. The first-order chi connectivity index (χ1) is 9.70. The number of nitrogens with zero attached hydrogens (tertiary/aromatic N) is 2. The van der Waals surface area contributed by atoms with Gasteiger partial charge in [-0.05, 0) is 11.4 Å². The maximum Gasteiger partial charge on any atom is 0.232 e. The molecule has 2 amide bonds. The fourth-order valence-electron chi connectivity index (χ4n) is 3.06. The molecule has 6 heteroatoms. The lowest BCUT2D eigenvalue weighted by molar-refractivity contribution is -0.131. The summed E-state index contributed by atoms with van der Waals surface area (Å²) in [5.41, 5.74) is 0.992. The van der Waals surface area contributed by atoms with E-state index in [4.69, 9.17) is 4.74 Å². The quantitative estimate of drug-likeness (QED) is 0.838. The first kappa shape index (κ1) is 13.6. The zero-order valence-corrected chi connectivity index (χ0v) is 12.3. The summed E-state index contributed by atoms with van der Waals surface area (Å²) < 4.78 is 4.93. The SMILES string of the molecule is COCCC(=O)N1C[C@H]2CN(c3ccsc3)C(=O)[C@H]2C1. The molecule has 0 radical (unpaired) electrons. The summed E-state index contributed by atoms with van der Waals surface area (Å²) in [7, 11) is 1.59. The second kappa shape index (κ2) is 5.54. The Hall–Kier alpha value is -1.40. The first-order valence-corrected chi connectivity index (χ1v) is 7.75. The van der Waals surface area contributed by atoms with Crippen molar-refractivity contribution in [1.82, 2.24) is 4.90 Å². The van der Waals surface area contributed by atoms with Crippen LogP contribution < -0.4 is 4.90 Å². The lowest BCUT2D eigenvalue weighted by atomic mass is 10.0. The van der Waals surface area contributed by atoms with Crippen LogP contribution in [-0.4, -0.2) is 50.1 Å². The first-order valence-electron chi connectivity index (χ1n) is 6.81. The Balaban J connectivity index is 1.63. The smallest absolute Gasteiger partial charge is 0.232 e.